The molecule has 1 rings (SSSR count). The number of nitrogens with two attached hydrogens (primary N) is 1. The molecule has 0 fully saturated rings. The maximum Gasteiger partial charge on any atom is 0.501 e. The van der Waals surface area contributed by atoms with Gasteiger partial charge in [-0.15, -0.1) is 0 Å². The number of sulfone groups is 1. The van der Waals surface area contributed by atoms with Gasteiger partial charge < -0.3 is 10.8 Å². The Balaban J connectivity index is 2.99. The number of rotatable bonds is 5. The summed E-state index contributed by atoms with van der Waals surface area (Å²) < 4.78 is 59.5. The van der Waals surface area contributed by atoms with Gasteiger partial charge in [0.2, 0.25) is 0 Å². The Bertz CT molecular complexity index is 650. The van der Waals surface area contributed by atoms with Crippen LogP contribution in [0.2, 0.25) is 0 Å². The first-order chi connectivity index (χ1) is 9.46. The first kappa shape index (κ1) is 17.2. The van der Waals surface area contributed by atoms with Gasteiger partial charge >= 0.3 is 11.5 Å². The maximum atomic E-state index is 12.4. The van der Waals surface area contributed by atoms with Crippen molar-refractivity contribution in [2.24, 2.45) is 5.73 Å². The van der Waals surface area contributed by atoms with E-state index in [0.717, 1.165) is 12.1 Å². The second kappa shape index (κ2) is 5.86. The van der Waals surface area contributed by atoms with Gasteiger partial charge in [-0.05, 0) is 17.5 Å². The first-order valence-corrected chi connectivity index (χ1v) is 7.03. The molecule has 0 saturated carbocycles. The number of halogens is 3. The predicted octanol–water partition coefficient (Wildman–Crippen LogP) is 1.55. The molecule has 1 unspecified atom stereocenters. The van der Waals surface area contributed by atoms with Gasteiger partial charge in [0.15, 0.2) is 0 Å². The molecule has 0 aliphatic heterocycles. The van der Waals surface area contributed by atoms with E-state index >= 15 is 0 Å². The molecule has 0 saturated heterocycles. The summed E-state index contributed by atoms with van der Waals surface area (Å²) >= 11 is 0. The number of benzene rings is 1. The molecule has 0 amide bonds. The number of carboxylic acids is 1. The third kappa shape index (κ3) is 3.82. The van der Waals surface area contributed by atoms with Crippen molar-refractivity contribution in [1.82, 2.24) is 0 Å². The Labute approximate surface area is 118 Å². The molecule has 0 aliphatic rings. The van der Waals surface area contributed by atoms with Crippen LogP contribution in [0.1, 0.15) is 11.1 Å². The average molecular weight is 323 g/mol. The topological polar surface area (TPSA) is 97.5 Å². The van der Waals surface area contributed by atoms with E-state index in [-0.39, 0.29) is 12.0 Å². The van der Waals surface area contributed by atoms with Crippen LogP contribution >= 0.6 is 0 Å². The lowest BCUT2D eigenvalue weighted by Gasteiger charge is -2.11. The highest BCUT2D eigenvalue weighted by molar-refractivity contribution is 8.01. The second-order valence-corrected chi connectivity index (χ2v) is 6.18. The number of alkyl halides is 3. The zero-order valence-electron chi connectivity index (χ0n) is 10.6. The summed E-state index contributed by atoms with van der Waals surface area (Å²) in [5, 5.41) is 8.64. The lowest BCUT2D eigenvalue weighted by atomic mass is 10.0. The van der Waals surface area contributed by atoms with E-state index in [1.165, 1.54) is 12.1 Å². The van der Waals surface area contributed by atoms with Crippen molar-refractivity contribution in [1.29, 1.82) is 0 Å². The van der Waals surface area contributed by atoms with Gasteiger partial charge in [-0.3, -0.25) is 4.79 Å². The maximum absolute atomic E-state index is 12.4. The molecule has 0 bridgehead atoms. The molecule has 0 heterocycles. The van der Waals surface area contributed by atoms with Gasteiger partial charge in [-0.2, -0.15) is 13.2 Å². The lowest BCUT2D eigenvalue weighted by Crippen LogP contribution is -2.32. The second-order valence-electron chi connectivity index (χ2n) is 4.22. The molecule has 1 atom stereocenters. The Morgan fingerprint density at radius 1 is 1.29 bits per heavy atom. The summed E-state index contributed by atoms with van der Waals surface area (Å²) in [5.41, 5.74) is 0.116. The van der Waals surface area contributed by atoms with Crippen LogP contribution < -0.4 is 5.73 Å². The minimum absolute atomic E-state index is 0.0336. The van der Waals surface area contributed by atoms with Crippen LogP contribution in [0.4, 0.5) is 13.2 Å². The molecular formula is C12H12F3NO4S. The zero-order valence-corrected chi connectivity index (χ0v) is 11.4. The van der Waals surface area contributed by atoms with Crippen LogP contribution in [0.15, 0.2) is 30.8 Å². The van der Waals surface area contributed by atoms with E-state index in [4.69, 9.17) is 10.8 Å². The van der Waals surface area contributed by atoms with Crippen LogP contribution in [-0.2, 0) is 21.1 Å². The summed E-state index contributed by atoms with van der Waals surface area (Å²) in [6.45, 7) is 2.96. The minimum Gasteiger partial charge on any atom is -0.480 e. The van der Waals surface area contributed by atoms with Gasteiger partial charge in [-0.25, -0.2) is 8.42 Å². The molecule has 3 N–H and O–H groups in total. The van der Waals surface area contributed by atoms with Crippen LogP contribution in [0.3, 0.4) is 0 Å². The van der Waals surface area contributed by atoms with Crippen LogP contribution in [0.25, 0.3) is 4.91 Å². The largest absolute Gasteiger partial charge is 0.501 e. The summed E-state index contributed by atoms with van der Waals surface area (Å²) in [6.07, 6.45) is -0.0336. The predicted molar refractivity (Wildman–Crippen MR) is 69.8 cm³/mol. The minimum atomic E-state index is -5.49. The molecule has 116 valence electrons. The Kier molecular flexibility index (Phi) is 4.79. The molecule has 9 heteroatoms. The summed E-state index contributed by atoms with van der Waals surface area (Å²) in [7, 11) is -5.49. The van der Waals surface area contributed by atoms with E-state index in [2.05, 4.69) is 6.58 Å². The van der Waals surface area contributed by atoms with E-state index in [1.807, 2.05) is 0 Å². The van der Waals surface area contributed by atoms with Crippen molar-refractivity contribution in [3.63, 3.8) is 0 Å². The Morgan fingerprint density at radius 3 is 2.14 bits per heavy atom. The van der Waals surface area contributed by atoms with Crippen LogP contribution in [-0.4, -0.2) is 31.0 Å². The molecule has 0 radical (unpaired) electrons. The number of hydrogen-bond acceptors (Lipinski definition) is 4. The van der Waals surface area contributed by atoms with Gasteiger partial charge in [0.1, 0.15) is 6.04 Å². The fourth-order valence-corrected chi connectivity index (χ4v) is 2.19. The summed E-state index contributed by atoms with van der Waals surface area (Å²) in [6, 6.07) is 3.69. The van der Waals surface area contributed by atoms with E-state index < -0.39 is 32.3 Å². The van der Waals surface area contributed by atoms with Gasteiger partial charge in [0.05, 0.1) is 4.91 Å². The molecule has 21 heavy (non-hydrogen) atoms. The fraction of sp³-hybridized carbons (Fsp3) is 0.250. The van der Waals surface area contributed by atoms with E-state index in [0.29, 0.717) is 5.56 Å². The van der Waals surface area contributed by atoms with Gasteiger partial charge in [-0.1, -0.05) is 30.8 Å². The van der Waals surface area contributed by atoms with E-state index in [1.54, 1.807) is 0 Å². The molecule has 0 spiro atoms. The molecule has 0 aliphatic carbocycles. The number of carbonyl (C=O) groups is 1. The number of carboxylic acid groups (broad SMARTS) is 1. The molecule has 1 aromatic carbocycles. The highest BCUT2D eigenvalue weighted by Gasteiger charge is 2.47. The monoisotopic (exact) mass is 323 g/mol. The SMILES string of the molecule is C=C(c1ccc(CC(N)C(=O)O)cc1)S(=O)(=O)C(F)(F)F. The summed E-state index contributed by atoms with van der Waals surface area (Å²) in [5.74, 6) is -1.22. The van der Waals surface area contributed by atoms with Crippen molar-refractivity contribution < 1.29 is 31.5 Å². The Morgan fingerprint density at radius 2 is 1.76 bits per heavy atom. The number of aliphatic carboxylic acids is 1. The highest BCUT2D eigenvalue weighted by atomic mass is 32.2. The average Bonchev–Trinajstić information content (AvgIpc) is 2.37. The van der Waals surface area contributed by atoms with Crippen molar-refractivity contribution in [3.8, 4) is 0 Å². The third-order valence-corrected chi connectivity index (χ3v) is 4.17. The van der Waals surface area contributed by atoms with Gasteiger partial charge in [0.25, 0.3) is 9.84 Å². The molecule has 1 aromatic rings. The van der Waals surface area contributed by atoms with Gasteiger partial charge in [0, 0.05) is 0 Å². The van der Waals surface area contributed by atoms with E-state index in [9.17, 15) is 26.4 Å². The van der Waals surface area contributed by atoms with Crippen molar-refractivity contribution in [3.05, 3.63) is 42.0 Å². The quantitative estimate of drug-likeness (QED) is 0.857. The van der Waals surface area contributed by atoms with Crippen molar-refractivity contribution >= 4 is 20.7 Å². The lowest BCUT2D eigenvalue weighted by molar-refractivity contribution is -0.138. The molecule has 5 nitrogen and oxygen atoms in total. The third-order valence-electron chi connectivity index (χ3n) is 2.68. The smallest absolute Gasteiger partial charge is 0.480 e. The fourth-order valence-electron chi connectivity index (χ4n) is 1.46. The first-order valence-electron chi connectivity index (χ1n) is 5.54. The Hall–Kier alpha value is -1.87. The summed E-state index contributed by atoms with van der Waals surface area (Å²) in [4.78, 5) is 9.51. The number of hydrogen-bond donors (Lipinski definition) is 2. The normalized spacial score (nSPS) is 13.7. The molecule has 0 aromatic heterocycles. The zero-order chi connectivity index (χ0) is 16.4. The standard InChI is InChI=1S/C12H12F3NO4S/c1-7(21(19,20)12(13,14)15)9-4-2-8(3-5-9)6-10(16)11(17)18/h2-5,10H,1,6,16H2,(H,17,18). The van der Waals surface area contributed by atoms with Crippen LogP contribution in [0, 0.1) is 0 Å². The van der Waals surface area contributed by atoms with Crippen LogP contribution in [0.5, 0.6) is 0 Å². The van der Waals surface area contributed by atoms with Crippen molar-refractivity contribution in [2.45, 2.75) is 18.0 Å². The van der Waals surface area contributed by atoms with Crippen molar-refractivity contribution in [2.75, 3.05) is 0 Å². The highest BCUT2D eigenvalue weighted by Crippen LogP contribution is 2.33. The molecular weight excluding hydrogens is 311 g/mol.